The monoisotopic (exact) mass is 438 g/mol. The minimum Gasteiger partial charge on any atom is -0.496 e. The zero-order valence-corrected chi connectivity index (χ0v) is 18.6. The molecule has 0 saturated heterocycles. The number of sulfonamides is 1. The molecule has 0 heterocycles. The van der Waals surface area contributed by atoms with Crippen LogP contribution in [0.1, 0.15) is 24.1 Å². The van der Waals surface area contributed by atoms with Crippen molar-refractivity contribution in [2.24, 2.45) is 0 Å². The summed E-state index contributed by atoms with van der Waals surface area (Å²) in [6.07, 6.45) is 0. The van der Waals surface area contributed by atoms with Gasteiger partial charge >= 0.3 is 0 Å². The van der Waals surface area contributed by atoms with Gasteiger partial charge in [-0.25, -0.2) is 8.42 Å². The Morgan fingerprint density at radius 2 is 1.58 bits per heavy atom. The lowest BCUT2D eigenvalue weighted by Gasteiger charge is -2.25. The average molecular weight is 439 g/mol. The summed E-state index contributed by atoms with van der Waals surface area (Å²) in [6.45, 7) is 3.37. The number of anilines is 1. The van der Waals surface area contributed by atoms with Crippen LogP contribution in [0.15, 0.2) is 83.8 Å². The molecule has 3 aromatic carbocycles. The van der Waals surface area contributed by atoms with Crippen molar-refractivity contribution < 1.29 is 17.9 Å². The second kappa shape index (κ2) is 9.66. The van der Waals surface area contributed by atoms with Crippen LogP contribution in [0.3, 0.4) is 0 Å². The van der Waals surface area contributed by atoms with Gasteiger partial charge in [0.05, 0.1) is 23.7 Å². The summed E-state index contributed by atoms with van der Waals surface area (Å²) in [4.78, 5) is 13.0. The fourth-order valence-electron chi connectivity index (χ4n) is 3.27. The molecule has 0 spiro atoms. The van der Waals surface area contributed by atoms with Crippen LogP contribution >= 0.6 is 0 Å². The summed E-state index contributed by atoms with van der Waals surface area (Å²) in [5.74, 6) is 0.237. The van der Waals surface area contributed by atoms with Gasteiger partial charge < -0.3 is 10.1 Å². The van der Waals surface area contributed by atoms with Gasteiger partial charge in [-0.05, 0) is 44.2 Å². The van der Waals surface area contributed by atoms with E-state index < -0.39 is 15.9 Å². The molecule has 0 bridgehead atoms. The van der Waals surface area contributed by atoms with E-state index in [4.69, 9.17) is 4.74 Å². The molecule has 0 fully saturated rings. The average Bonchev–Trinajstić information content (AvgIpc) is 2.78. The Bertz CT molecular complexity index is 1130. The number of methoxy groups -OCH3 is 1. The molecule has 0 aliphatic carbocycles. The predicted molar refractivity (Wildman–Crippen MR) is 122 cm³/mol. The Morgan fingerprint density at radius 3 is 2.23 bits per heavy atom. The van der Waals surface area contributed by atoms with E-state index in [0.717, 1.165) is 15.4 Å². The standard InChI is InChI=1S/C24H26N2O4S/c1-18-13-15-21(16-14-18)31(28,29)26(20-9-5-4-6-10-20)17-24(27)25-19(2)22-11-7-8-12-23(22)30-3/h4-16,19H,17H2,1-3H3,(H,25,27)/t19-/m1/s1. The molecule has 1 N–H and O–H groups in total. The summed E-state index contributed by atoms with van der Waals surface area (Å²) >= 11 is 0. The highest BCUT2D eigenvalue weighted by Crippen LogP contribution is 2.26. The first-order valence-corrected chi connectivity index (χ1v) is 11.3. The highest BCUT2D eigenvalue weighted by atomic mass is 32.2. The first-order valence-electron chi connectivity index (χ1n) is 9.89. The SMILES string of the molecule is COc1ccccc1[C@@H](C)NC(=O)CN(c1ccccc1)S(=O)(=O)c1ccc(C)cc1. The van der Waals surface area contributed by atoms with Crippen LogP contribution in [0.4, 0.5) is 5.69 Å². The van der Waals surface area contributed by atoms with E-state index in [1.165, 1.54) is 0 Å². The second-order valence-electron chi connectivity index (χ2n) is 7.19. The largest absolute Gasteiger partial charge is 0.496 e. The van der Waals surface area contributed by atoms with Crippen molar-refractivity contribution in [3.63, 3.8) is 0 Å². The number of amides is 1. The van der Waals surface area contributed by atoms with Crippen molar-refractivity contribution in [2.45, 2.75) is 24.8 Å². The number of benzene rings is 3. The molecule has 1 amide bonds. The first kappa shape index (κ1) is 22.4. The lowest BCUT2D eigenvalue weighted by Crippen LogP contribution is -2.41. The maximum absolute atomic E-state index is 13.4. The van der Waals surface area contributed by atoms with Crippen molar-refractivity contribution in [1.82, 2.24) is 5.32 Å². The highest BCUT2D eigenvalue weighted by Gasteiger charge is 2.27. The molecule has 0 saturated carbocycles. The first-order chi connectivity index (χ1) is 14.8. The van der Waals surface area contributed by atoms with E-state index in [2.05, 4.69) is 5.32 Å². The van der Waals surface area contributed by atoms with Gasteiger partial charge in [0, 0.05) is 5.56 Å². The van der Waals surface area contributed by atoms with E-state index in [0.29, 0.717) is 11.4 Å². The number of para-hydroxylation sites is 2. The molecule has 0 radical (unpaired) electrons. The van der Waals surface area contributed by atoms with Crippen molar-refractivity contribution in [3.05, 3.63) is 90.0 Å². The quantitative estimate of drug-likeness (QED) is 0.575. The third-order valence-electron chi connectivity index (χ3n) is 4.92. The molecule has 31 heavy (non-hydrogen) atoms. The van der Waals surface area contributed by atoms with E-state index >= 15 is 0 Å². The smallest absolute Gasteiger partial charge is 0.264 e. The maximum Gasteiger partial charge on any atom is 0.264 e. The van der Waals surface area contributed by atoms with Crippen LogP contribution < -0.4 is 14.4 Å². The molecule has 6 nitrogen and oxygen atoms in total. The molecule has 0 aliphatic heterocycles. The number of hydrogen-bond acceptors (Lipinski definition) is 4. The second-order valence-corrected chi connectivity index (χ2v) is 9.05. The van der Waals surface area contributed by atoms with E-state index in [1.807, 2.05) is 38.1 Å². The van der Waals surface area contributed by atoms with Gasteiger partial charge in [0.1, 0.15) is 12.3 Å². The molecule has 1 atom stereocenters. The summed E-state index contributed by atoms with van der Waals surface area (Å²) in [6, 6.07) is 22.2. The third-order valence-corrected chi connectivity index (χ3v) is 6.71. The van der Waals surface area contributed by atoms with Gasteiger partial charge in [-0.15, -0.1) is 0 Å². The number of carbonyl (C=O) groups is 1. The molecule has 0 aliphatic rings. The van der Waals surface area contributed by atoms with Crippen LogP contribution in [0, 0.1) is 6.92 Å². The van der Waals surface area contributed by atoms with Crippen LogP contribution in [0.5, 0.6) is 5.75 Å². The maximum atomic E-state index is 13.4. The number of ether oxygens (including phenoxy) is 1. The van der Waals surface area contributed by atoms with E-state index in [-0.39, 0.29) is 17.5 Å². The topological polar surface area (TPSA) is 75.7 Å². The predicted octanol–water partition coefficient (Wildman–Crippen LogP) is 4.08. The summed E-state index contributed by atoms with van der Waals surface area (Å²) < 4.78 is 33.2. The Labute approximate surface area is 183 Å². The summed E-state index contributed by atoms with van der Waals surface area (Å²) in [5, 5.41) is 2.88. The molecular formula is C24H26N2O4S. The van der Waals surface area contributed by atoms with Gasteiger partial charge in [0.15, 0.2) is 0 Å². The summed E-state index contributed by atoms with van der Waals surface area (Å²) in [7, 11) is -2.36. The van der Waals surface area contributed by atoms with Crippen molar-refractivity contribution >= 4 is 21.6 Å². The van der Waals surface area contributed by atoms with E-state index in [9.17, 15) is 13.2 Å². The minimum absolute atomic E-state index is 0.132. The van der Waals surface area contributed by atoms with Gasteiger partial charge in [-0.3, -0.25) is 9.10 Å². The fraction of sp³-hybridized carbons (Fsp3) is 0.208. The van der Waals surface area contributed by atoms with Crippen molar-refractivity contribution in [2.75, 3.05) is 18.0 Å². The van der Waals surface area contributed by atoms with Crippen LogP contribution in [-0.4, -0.2) is 28.0 Å². The van der Waals surface area contributed by atoms with Gasteiger partial charge in [-0.1, -0.05) is 54.1 Å². The number of aryl methyl sites for hydroxylation is 1. The fourth-order valence-corrected chi connectivity index (χ4v) is 4.69. The molecule has 3 aromatic rings. The Morgan fingerprint density at radius 1 is 0.968 bits per heavy atom. The van der Waals surface area contributed by atoms with Crippen LogP contribution in [-0.2, 0) is 14.8 Å². The Hall–Kier alpha value is -3.32. The molecule has 3 rings (SSSR count). The lowest BCUT2D eigenvalue weighted by atomic mass is 10.1. The van der Waals surface area contributed by atoms with E-state index in [1.54, 1.807) is 61.7 Å². The highest BCUT2D eigenvalue weighted by molar-refractivity contribution is 7.92. The van der Waals surface area contributed by atoms with Crippen molar-refractivity contribution in [3.8, 4) is 5.75 Å². The molecular weight excluding hydrogens is 412 g/mol. The lowest BCUT2D eigenvalue weighted by molar-refractivity contribution is -0.120. The third kappa shape index (κ3) is 5.24. The molecule has 0 aromatic heterocycles. The minimum atomic E-state index is -3.93. The number of nitrogens with zero attached hydrogens (tertiary/aromatic N) is 1. The van der Waals surface area contributed by atoms with Crippen LogP contribution in [0.2, 0.25) is 0 Å². The van der Waals surface area contributed by atoms with Crippen LogP contribution in [0.25, 0.3) is 0 Å². The van der Waals surface area contributed by atoms with Gasteiger partial charge in [0.25, 0.3) is 10.0 Å². The molecule has 7 heteroatoms. The number of nitrogens with one attached hydrogen (secondary N) is 1. The van der Waals surface area contributed by atoms with Crippen molar-refractivity contribution in [1.29, 1.82) is 0 Å². The number of hydrogen-bond donors (Lipinski definition) is 1. The van der Waals surface area contributed by atoms with Gasteiger partial charge in [-0.2, -0.15) is 0 Å². The Kier molecular flexibility index (Phi) is 6.97. The summed E-state index contributed by atoms with van der Waals surface area (Å²) in [5.41, 5.74) is 2.18. The Balaban J connectivity index is 1.87. The number of rotatable bonds is 8. The molecule has 0 unspecified atom stereocenters. The normalized spacial score (nSPS) is 12.1. The zero-order chi connectivity index (χ0) is 22.4. The zero-order valence-electron chi connectivity index (χ0n) is 17.8. The number of carbonyl (C=O) groups excluding carboxylic acids is 1. The molecule has 162 valence electrons. The van der Waals surface area contributed by atoms with Gasteiger partial charge in [0.2, 0.25) is 5.91 Å².